The third kappa shape index (κ3) is 7.13. The summed E-state index contributed by atoms with van der Waals surface area (Å²) in [5.74, 6) is 0.657. The van der Waals surface area contributed by atoms with Crippen LogP contribution < -0.4 is 10.6 Å². The van der Waals surface area contributed by atoms with Crippen LogP contribution in [0.2, 0.25) is 0 Å². The maximum atomic E-state index is 11.8. The van der Waals surface area contributed by atoms with Crippen LogP contribution in [0.1, 0.15) is 30.4 Å². The zero-order valence-corrected chi connectivity index (χ0v) is 15.5. The van der Waals surface area contributed by atoms with Crippen LogP contribution in [0.3, 0.4) is 0 Å². The molecule has 0 aromatic heterocycles. The van der Waals surface area contributed by atoms with Gasteiger partial charge in [0.05, 0.1) is 19.2 Å². The molecule has 0 aliphatic carbocycles. The summed E-state index contributed by atoms with van der Waals surface area (Å²) in [5.41, 5.74) is 2.36. The molecule has 1 fully saturated rings. The highest BCUT2D eigenvalue weighted by molar-refractivity contribution is 5.86. The van der Waals surface area contributed by atoms with E-state index >= 15 is 0 Å². The van der Waals surface area contributed by atoms with Crippen molar-refractivity contribution < 1.29 is 9.53 Å². The number of amides is 1. The van der Waals surface area contributed by atoms with Crippen LogP contribution in [0.4, 0.5) is 0 Å². The first-order chi connectivity index (χ1) is 12.0. The number of guanidine groups is 1. The van der Waals surface area contributed by atoms with Crippen molar-refractivity contribution in [3.8, 4) is 0 Å². The Labute approximate surface area is 150 Å². The fraction of sp³-hybridized carbons (Fsp3) is 0.579. The smallest absolute Gasteiger partial charge is 0.241 e. The second-order valence-electron chi connectivity index (χ2n) is 6.67. The van der Waals surface area contributed by atoms with Gasteiger partial charge < -0.3 is 20.3 Å². The Hall–Kier alpha value is -2.08. The number of carbonyl (C=O) groups is 1. The summed E-state index contributed by atoms with van der Waals surface area (Å²) in [7, 11) is 3.49. The number of benzene rings is 1. The highest BCUT2D eigenvalue weighted by Crippen LogP contribution is 2.11. The van der Waals surface area contributed by atoms with Crippen molar-refractivity contribution in [2.75, 3.05) is 33.8 Å². The van der Waals surface area contributed by atoms with Crippen LogP contribution in [-0.2, 0) is 16.1 Å². The molecule has 6 heteroatoms. The molecule has 1 aliphatic rings. The minimum Gasteiger partial charge on any atom is -0.376 e. The minimum absolute atomic E-state index is 0.0129. The number of aliphatic imine (C=N–C) groups is 1. The van der Waals surface area contributed by atoms with E-state index in [0.29, 0.717) is 19.0 Å². The quantitative estimate of drug-likeness (QED) is 0.608. The van der Waals surface area contributed by atoms with Gasteiger partial charge in [0, 0.05) is 27.2 Å². The van der Waals surface area contributed by atoms with Crippen LogP contribution in [0.5, 0.6) is 0 Å². The Morgan fingerprint density at radius 1 is 1.32 bits per heavy atom. The molecule has 0 radical (unpaired) electrons. The minimum atomic E-state index is 0.0129. The molecule has 138 valence electrons. The first-order valence-electron chi connectivity index (χ1n) is 8.94. The normalized spacial score (nSPS) is 17.9. The summed E-state index contributed by atoms with van der Waals surface area (Å²) in [4.78, 5) is 18.0. The molecule has 6 nitrogen and oxygen atoms in total. The van der Waals surface area contributed by atoms with Gasteiger partial charge >= 0.3 is 0 Å². The summed E-state index contributed by atoms with van der Waals surface area (Å²) in [6.45, 7) is 4.39. The van der Waals surface area contributed by atoms with E-state index in [1.54, 1.807) is 19.0 Å². The third-order valence-electron chi connectivity index (χ3n) is 4.18. The van der Waals surface area contributed by atoms with Gasteiger partial charge in [-0.1, -0.05) is 29.8 Å². The Morgan fingerprint density at radius 3 is 2.84 bits per heavy atom. The second-order valence-corrected chi connectivity index (χ2v) is 6.67. The lowest BCUT2D eigenvalue weighted by Crippen LogP contribution is -2.45. The average Bonchev–Trinajstić information content (AvgIpc) is 2.61. The summed E-state index contributed by atoms with van der Waals surface area (Å²) in [6.07, 6.45) is 3.62. The van der Waals surface area contributed by atoms with E-state index in [1.165, 1.54) is 12.0 Å². The molecule has 1 heterocycles. The Kier molecular flexibility index (Phi) is 7.73. The van der Waals surface area contributed by atoms with Crippen molar-refractivity contribution in [1.82, 2.24) is 15.5 Å². The topological polar surface area (TPSA) is 66.0 Å². The maximum absolute atomic E-state index is 11.8. The predicted molar refractivity (Wildman–Crippen MR) is 101 cm³/mol. The van der Waals surface area contributed by atoms with E-state index in [2.05, 4.69) is 40.7 Å². The largest absolute Gasteiger partial charge is 0.376 e. The van der Waals surface area contributed by atoms with Crippen molar-refractivity contribution in [2.45, 2.75) is 38.8 Å². The van der Waals surface area contributed by atoms with Gasteiger partial charge in [0.1, 0.15) is 0 Å². The Morgan fingerprint density at radius 2 is 2.16 bits per heavy atom. The summed E-state index contributed by atoms with van der Waals surface area (Å²) in [6, 6.07) is 8.28. The van der Waals surface area contributed by atoms with E-state index in [9.17, 15) is 4.79 Å². The lowest BCUT2D eigenvalue weighted by atomic mass is 10.1. The molecule has 1 atom stereocenters. The standard InChI is InChI=1S/C19H30N4O2/c1-15-7-6-8-16(11-15)12-20-19(22-14-18(24)23(2)3)21-13-17-9-4-5-10-25-17/h6-8,11,17H,4-5,9-10,12-14H2,1-3H3,(H2,20,21,22). The molecule has 25 heavy (non-hydrogen) atoms. The molecule has 0 saturated carbocycles. The van der Waals surface area contributed by atoms with Gasteiger partial charge in [0.25, 0.3) is 0 Å². The molecular weight excluding hydrogens is 316 g/mol. The van der Waals surface area contributed by atoms with Gasteiger partial charge in [-0.25, -0.2) is 4.99 Å². The molecule has 1 saturated heterocycles. The zero-order valence-electron chi connectivity index (χ0n) is 15.5. The Balaban J connectivity index is 1.94. The number of ether oxygens (including phenoxy) is 1. The van der Waals surface area contributed by atoms with Gasteiger partial charge in [-0.15, -0.1) is 0 Å². The summed E-state index contributed by atoms with van der Waals surface area (Å²) < 4.78 is 5.75. The van der Waals surface area contributed by atoms with E-state index in [4.69, 9.17) is 4.74 Å². The summed E-state index contributed by atoms with van der Waals surface area (Å²) in [5, 5.41) is 6.43. The van der Waals surface area contributed by atoms with Crippen LogP contribution in [0, 0.1) is 6.92 Å². The fourth-order valence-corrected chi connectivity index (χ4v) is 2.65. The average molecular weight is 346 g/mol. The van der Waals surface area contributed by atoms with E-state index in [1.807, 2.05) is 6.07 Å². The number of rotatable bonds is 6. The van der Waals surface area contributed by atoms with Gasteiger partial charge in [0.15, 0.2) is 5.96 Å². The number of hydrogen-bond acceptors (Lipinski definition) is 3. The molecule has 1 aromatic carbocycles. The SMILES string of the molecule is Cc1cccc(CN=C(NCC(=O)N(C)C)NCC2CCCCO2)c1. The van der Waals surface area contributed by atoms with E-state index in [-0.39, 0.29) is 18.6 Å². The molecule has 0 spiro atoms. The van der Waals surface area contributed by atoms with Gasteiger partial charge in [-0.2, -0.15) is 0 Å². The van der Waals surface area contributed by atoms with Crippen LogP contribution in [0.25, 0.3) is 0 Å². The van der Waals surface area contributed by atoms with Crippen molar-refractivity contribution in [3.63, 3.8) is 0 Å². The maximum Gasteiger partial charge on any atom is 0.241 e. The van der Waals surface area contributed by atoms with Crippen LogP contribution >= 0.6 is 0 Å². The second kappa shape index (κ2) is 10.0. The zero-order chi connectivity index (χ0) is 18.1. The highest BCUT2D eigenvalue weighted by atomic mass is 16.5. The third-order valence-corrected chi connectivity index (χ3v) is 4.18. The lowest BCUT2D eigenvalue weighted by molar-refractivity contribution is -0.127. The van der Waals surface area contributed by atoms with E-state index in [0.717, 1.165) is 25.0 Å². The molecule has 1 aliphatic heterocycles. The number of hydrogen-bond donors (Lipinski definition) is 2. The summed E-state index contributed by atoms with van der Waals surface area (Å²) >= 11 is 0. The van der Waals surface area contributed by atoms with Crippen molar-refractivity contribution in [1.29, 1.82) is 0 Å². The molecule has 1 amide bonds. The number of aryl methyl sites for hydroxylation is 1. The predicted octanol–water partition coefficient (Wildman–Crippen LogP) is 1.69. The molecular formula is C19H30N4O2. The molecule has 1 aromatic rings. The van der Waals surface area contributed by atoms with Crippen molar-refractivity contribution in [3.05, 3.63) is 35.4 Å². The number of nitrogens with one attached hydrogen (secondary N) is 2. The van der Waals surface area contributed by atoms with Gasteiger partial charge in [-0.05, 0) is 31.7 Å². The number of carbonyl (C=O) groups excluding carboxylic acids is 1. The van der Waals surface area contributed by atoms with Crippen LogP contribution in [-0.4, -0.2) is 56.7 Å². The molecule has 0 bridgehead atoms. The first kappa shape index (κ1) is 19.2. The lowest BCUT2D eigenvalue weighted by Gasteiger charge is -2.24. The number of likely N-dealkylation sites (N-methyl/N-ethyl adjacent to an activating group) is 1. The molecule has 2 N–H and O–H groups in total. The molecule has 1 unspecified atom stereocenters. The van der Waals surface area contributed by atoms with Crippen LogP contribution in [0.15, 0.2) is 29.3 Å². The monoisotopic (exact) mass is 346 g/mol. The van der Waals surface area contributed by atoms with E-state index < -0.39 is 0 Å². The van der Waals surface area contributed by atoms with Crippen molar-refractivity contribution >= 4 is 11.9 Å². The number of nitrogens with zero attached hydrogens (tertiary/aromatic N) is 2. The Bertz CT molecular complexity index is 581. The van der Waals surface area contributed by atoms with Gasteiger partial charge in [-0.3, -0.25) is 4.79 Å². The fourth-order valence-electron chi connectivity index (χ4n) is 2.65. The van der Waals surface area contributed by atoms with Crippen molar-refractivity contribution in [2.24, 2.45) is 4.99 Å². The first-order valence-corrected chi connectivity index (χ1v) is 8.94. The van der Waals surface area contributed by atoms with Gasteiger partial charge in [0.2, 0.25) is 5.91 Å². The highest BCUT2D eigenvalue weighted by Gasteiger charge is 2.14. The molecule has 2 rings (SSSR count).